The SMILES string of the molecule is CCCCCCCCCCCC/C=C/CC/C=C/C(O)C(CS(=O)(=O)O)NC(=O)CCCCCCCCCCCC. The quantitative estimate of drug-likeness (QED) is 0.0434. The Morgan fingerprint density at radius 3 is 1.54 bits per heavy atom. The van der Waals surface area contributed by atoms with Crippen LogP contribution in [0, 0.1) is 0 Å². The predicted molar refractivity (Wildman–Crippen MR) is 175 cm³/mol. The van der Waals surface area contributed by atoms with Gasteiger partial charge >= 0.3 is 0 Å². The summed E-state index contributed by atoms with van der Waals surface area (Å²) in [5.41, 5.74) is 0. The standard InChI is InChI=1S/C34H65NO5S/c1-3-5-7-9-11-13-15-16-17-18-19-20-21-23-25-27-29-33(36)32(31-41(38,39)40)35-34(37)30-28-26-24-22-14-12-10-8-6-4-2/h20-21,27,29,32-33,36H,3-19,22-26,28,30-31H2,1-2H3,(H,35,37)(H,38,39,40)/b21-20+,29-27+. The van der Waals surface area contributed by atoms with Gasteiger partial charge < -0.3 is 10.4 Å². The number of allylic oxidation sites excluding steroid dienone is 3. The van der Waals surface area contributed by atoms with Crippen molar-refractivity contribution in [3.05, 3.63) is 24.3 Å². The van der Waals surface area contributed by atoms with Gasteiger partial charge in [0.05, 0.1) is 17.9 Å². The normalized spacial score (nSPS) is 13.8. The molecule has 0 fully saturated rings. The first-order valence-corrected chi connectivity index (χ1v) is 18.6. The Morgan fingerprint density at radius 1 is 0.634 bits per heavy atom. The topological polar surface area (TPSA) is 104 Å². The van der Waals surface area contributed by atoms with E-state index in [2.05, 4.69) is 31.3 Å². The van der Waals surface area contributed by atoms with Crippen LogP contribution in [0.25, 0.3) is 0 Å². The van der Waals surface area contributed by atoms with Crippen molar-refractivity contribution < 1.29 is 22.9 Å². The van der Waals surface area contributed by atoms with E-state index in [1.807, 2.05) is 0 Å². The lowest BCUT2D eigenvalue weighted by Crippen LogP contribution is -2.46. The molecular formula is C34H65NO5S. The lowest BCUT2D eigenvalue weighted by Gasteiger charge is -2.21. The van der Waals surface area contributed by atoms with E-state index in [9.17, 15) is 22.9 Å². The van der Waals surface area contributed by atoms with Gasteiger partial charge in [-0.3, -0.25) is 9.35 Å². The number of nitrogens with one attached hydrogen (secondary N) is 1. The first kappa shape index (κ1) is 39.8. The Kier molecular flexibility index (Phi) is 28.1. The summed E-state index contributed by atoms with van der Waals surface area (Å²) in [6.45, 7) is 4.48. The first-order chi connectivity index (χ1) is 19.8. The van der Waals surface area contributed by atoms with Crippen molar-refractivity contribution in [2.75, 3.05) is 5.75 Å². The van der Waals surface area contributed by atoms with Gasteiger partial charge in [-0.15, -0.1) is 0 Å². The smallest absolute Gasteiger partial charge is 0.267 e. The molecule has 0 aliphatic heterocycles. The molecule has 0 aromatic carbocycles. The highest BCUT2D eigenvalue weighted by atomic mass is 32.2. The van der Waals surface area contributed by atoms with Gasteiger partial charge in [-0.2, -0.15) is 8.42 Å². The van der Waals surface area contributed by atoms with Gasteiger partial charge in [0.2, 0.25) is 5.91 Å². The molecule has 2 atom stereocenters. The monoisotopic (exact) mass is 599 g/mol. The van der Waals surface area contributed by atoms with Crippen LogP contribution in [0.4, 0.5) is 0 Å². The van der Waals surface area contributed by atoms with Crippen LogP contribution in [-0.2, 0) is 14.9 Å². The van der Waals surface area contributed by atoms with Gasteiger partial charge in [0.25, 0.3) is 10.1 Å². The van der Waals surface area contributed by atoms with Gasteiger partial charge in [-0.1, -0.05) is 154 Å². The summed E-state index contributed by atoms with van der Waals surface area (Å²) in [6.07, 6.45) is 34.5. The molecule has 0 radical (unpaired) electrons. The summed E-state index contributed by atoms with van der Waals surface area (Å²) in [6, 6.07) is -1.07. The molecule has 0 aromatic heterocycles. The fourth-order valence-electron chi connectivity index (χ4n) is 5.05. The zero-order chi connectivity index (χ0) is 30.4. The minimum absolute atomic E-state index is 0.290. The fourth-order valence-corrected chi connectivity index (χ4v) is 5.79. The highest BCUT2D eigenvalue weighted by molar-refractivity contribution is 7.85. The van der Waals surface area contributed by atoms with E-state index >= 15 is 0 Å². The molecule has 0 saturated carbocycles. The minimum Gasteiger partial charge on any atom is -0.387 e. The lowest BCUT2D eigenvalue weighted by atomic mass is 10.1. The molecule has 41 heavy (non-hydrogen) atoms. The van der Waals surface area contributed by atoms with Crippen LogP contribution < -0.4 is 5.32 Å². The van der Waals surface area contributed by atoms with Crippen LogP contribution in [0.2, 0.25) is 0 Å². The third kappa shape index (κ3) is 30.1. The van der Waals surface area contributed by atoms with E-state index in [1.54, 1.807) is 6.08 Å². The Bertz CT molecular complexity index is 750. The van der Waals surface area contributed by atoms with E-state index in [-0.39, 0.29) is 5.91 Å². The summed E-state index contributed by atoms with van der Waals surface area (Å²) >= 11 is 0. The van der Waals surface area contributed by atoms with Gasteiger partial charge in [-0.05, 0) is 32.1 Å². The molecule has 0 bridgehead atoms. The van der Waals surface area contributed by atoms with Gasteiger partial charge in [0.15, 0.2) is 0 Å². The van der Waals surface area contributed by atoms with E-state index in [1.165, 1.54) is 115 Å². The maximum Gasteiger partial charge on any atom is 0.267 e. The molecule has 3 N–H and O–H groups in total. The highest BCUT2D eigenvalue weighted by Crippen LogP contribution is 2.13. The average Bonchev–Trinajstić information content (AvgIpc) is 2.92. The van der Waals surface area contributed by atoms with E-state index < -0.39 is 28.0 Å². The molecule has 0 spiro atoms. The second-order valence-corrected chi connectivity index (χ2v) is 13.3. The summed E-state index contributed by atoms with van der Waals surface area (Å²) < 4.78 is 32.2. The number of rotatable bonds is 30. The molecule has 242 valence electrons. The van der Waals surface area contributed by atoms with Crippen molar-refractivity contribution in [1.82, 2.24) is 5.32 Å². The average molecular weight is 600 g/mol. The second kappa shape index (κ2) is 28.9. The van der Waals surface area contributed by atoms with Gasteiger partial charge in [0.1, 0.15) is 0 Å². The minimum atomic E-state index is -4.34. The molecule has 1 amide bonds. The van der Waals surface area contributed by atoms with E-state index in [0.717, 1.165) is 38.5 Å². The molecule has 0 aliphatic carbocycles. The van der Waals surface area contributed by atoms with Crippen molar-refractivity contribution in [3.63, 3.8) is 0 Å². The number of aliphatic hydroxyl groups is 1. The van der Waals surface area contributed by atoms with Crippen LogP contribution in [0.1, 0.15) is 168 Å². The zero-order valence-corrected chi connectivity index (χ0v) is 27.5. The van der Waals surface area contributed by atoms with Crippen molar-refractivity contribution in [3.8, 4) is 0 Å². The first-order valence-electron chi connectivity index (χ1n) is 17.0. The number of hydrogen-bond acceptors (Lipinski definition) is 4. The molecule has 6 nitrogen and oxygen atoms in total. The number of aliphatic hydroxyl groups excluding tert-OH is 1. The number of carbonyl (C=O) groups excluding carboxylic acids is 1. The maximum atomic E-state index is 12.4. The van der Waals surface area contributed by atoms with Crippen molar-refractivity contribution in [2.24, 2.45) is 0 Å². The Labute approximate surface area is 254 Å². The lowest BCUT2D eigenvalue weighted by molar-refractivity contribution is -0.122. The van der Waals surface area contributed by atoms with Gasteiger partial charge in [-0.25, -0.2) is 0 Å². The van der Waals surface area contributed by atoms with Gasteiger partial charge in [0, 0.05) is 6.42 Å². The molecule has 7 heteroatoms. The summed E-state index contributed by atoms with van der Waals surface area (Å²) in [5.74, 6) is -0.998. The van der Waals surface area contributed by atoms with Crippen molar-refractivity contribution in [1.29, 1.82) is 0 Å². The van der Waals surface area contributed by atoms with E-state index in [4.69, 9.17) is 0 Å². The zero-order valence-electron chi connectivity index (χ0n) is 26.7. The Hall–Kier alpha value is -1.18. The number of carbonyl (C=O) groups is 1. The molecule has 0 aromatic rings. The third-order valence-corrected chi connectivity index (χ3v) is 8.41. The summed E-state index contributed by atoms with van der Waals surface area (Å²) in [5, 5.41) is 13.1. The van der Waals surface area contributed by atoms with Crippen LogP contribution >= 0.6 is 0 Å². The second-order valence-electron chi connectivity index (χ2n) is 11.8. The molecule has 0 aliphatic rings. The Morgan fingerprint density at radius 2 is 1.05 bits per heavy atom. The van der Waals surface area contributed by atoms with Crippen LogP contribution in [-0.4, -0.2) is 41.9 Å². The maximum absolute atomic E-state index is 12.4. The summed E-state index contributed by atoms with van der Waals surface area (Å²) in [7, 11) is -4.34. The molecule has 0 rings (SSSR count). The van der Waals surface area contributed by atoms with E-state index in [0.29, 0.717) is 6.42 Å². The molecule has 0 heterocycles. The van der Waals surface area contributed by atoms with Crippen LogP contribution in [0.3, 0.4) is 0 Å². The number of amides is 1. The number of hydrogen-bond donors (Lipinski definition) is 3. The predicted octanol–water partition coefficient (Wildman–Crippen LogP) is 9.23. The van der Waals surface area contributed by atoms with Crippen LogP contribution in [0.15, 0.2) is 24.3 Å². The van der Waals surface area contributed by atoms with Crippen molar-refractivity contribution >= 4 is 16.0 Å². The molecular weight excluding hydrogens is 534 g/mol. The fraction of sp³-hybridized carbons (Fsp3) is 0.853. The summed E-state index contributed by atoms with van der Waals surface area (Å²) in [4.78, 5) is 12.4. The van der Waals surface area contributed by atoms with Crippen molar-refractivity contribution in [2.45, 2.75) is 180 Å². The third-order valence-electron chi connectivity index (χ3n) is 7.63. The largest absolute Gasteiger partial charge is 0.387 e. The molecule has 0 saturated heterocycles. The Balaban J connectivity index is 4.07. The molecule has 2 unspecified atom stereocenters. The number of unbranched alkanes of at least 4 members (excludes halogenated alkanes) is 20. The van der Waals surface area contributed by atoms with Crippen LogP contribution in [0.5, 0.6) is 0 Å². The highest BCUT2D eigenvalue weighted by Gasteiger charge is 2.24.